The van der Waals surface area contributed by atoms with Gasteiger partial charge in [0.2, 0.25) is 0 Å². The molecule has 0 atom stereocenters. The molecule has 0 heterocycles. The van der Waals surface area contributed by atoms with Crippen molar-refractivity contribution in [2.45, 2.75) is 6.42 Å². The summed E-state index contributed by atoms with van der Waals surface area (Å²) in [5.74, 6) is -1.87. The minimum atomic E-state index is -1.20. The van der Waals surface area contributed by atoms with Crippen LogP contribution in [0.4, 0.5) is 0 Å². The number of ketones is 1. The van der Waals surface area contributed by atoms with Crippen LogP contribution in [0, 0.1) is 0 Å². The molecular formula is C4H6O4V. The third-order valence-corrected chi connectivity index (χ3v) is 0.525. The van der Waals surface area contributed by atoms with E-state index >= 15 is 0 Å². The van der Waals surface area contributed by atoms with Crippen LogP contribution >= 0.6 is 0 Å². The number of carbonyl (C=O) groups excluding carboxylic acids is 1. The number of aliphatic hydroxyl groups excluding tert-OH is 1. The number of carboxylic acids is 1. The van der Waals surface area contributed by atoms with E-state index in [2.05, 4.69) is 0 Å². The molecule has 0 aromatic carbocycles. The van der Waals surface area contributed by atoms with E-state index < -0.39 is 24.8 Å². The van der Waals surface area contributed by atoms with Crippen molar-refractivity contribution < 1.29 is 38.4 Å². The van der Waals surface area contributed by atoms with Crippen LogP contribution in [0.2, 0.25) is 0 Å². The normalized spacial score (nSPS) is 7.67. The van der Waals surface area contributed by atoms with Gasteiger partial charge in [0.25, 0.3) is 0 Å². The second-order valence-corrected chi connectivity index (χ2v) is 1.27. The fraction of sp³-hybridized carbons (Fsp3) is 0.500. The molecule has 0 aromatic heterocycles. The SMILES string of the molecule is O=C(O)CC(=O)CO.[V]. The van der Waals surface area contributed by atoms with Crippen LogP contribution in [0.1, 0.15) is 6.42 Å². The average molecular weight is 169 g/mol. The van der Waals surface area contributed by atoms with Gasteiger partial charge < -0.3 is 10.2 Å². The van der Waals surface area contributed by atoms with E-state index in [-0.39, 0.29) is 18.6 Å². The molecule has 0 fully saturated rings. The molecule has 0 amide bonds. The summed E-state index contributed by atoms with van der Waals surface area (Å²) in [6.07, 6.45) is -0.587. The van der Waals surface area contributed by atoms with Gasteiger partial charge in [0, 0.05) is 18.6 Å². The van der Waals surface area contributed by atoms with Crippen LogP contribution in [-0.4, -0.2) is 28.6 Å². The molecular weight excluding hydrogens is 163 g/mol. The van der Waals surface area contributed by atoms with Crippen LogP contribution < -0.4 is 0 Å². The van der Waals surface area contributed by atoms with E-state index in [1.807, 2.05) is 0 Å². The fourth-order valence-electron chi connectivity index (χ4n) is 0.225. The molecule has 0 spiro atoms. The molecule has 9 heavy (non-hydrogen) atoms. The Labute approximate surface area is 63.8 Å². The number of aliphatic hydroxyl groups is 1. The van der Waals surface area contributed by atoms with Crippen LogP contribution in [0.5, 0.6) is 0 Å². The van der Waals surface area contributed by atoms with Gasteiger partial charge in [0.1, 0.15) is 13.0 Å². The largest absolute Gasteiger partial charge is 0.481 e. The first kappa shape index (κ1) is 11.5. The van der Waals surface area contributed by atoms with E-state index in [4.69, 9.17) is 10.2 Å². The maximum Gasteiger partial charge on any atom is 0.310 e. The number of aliphatic carboxylic acids is 1. The number of Topliss-reactive ketones (excluding diaryl/α,β-unsaturated/α-hetero) is 1. The Bertz CT molecular complexity index is 111. The molecule has 0 rings (SSSR count). The number of carbonyl (C=O) groups is 2. The van der Waals surface area contributed by atoms with Gasteiger partial charge in [0.05, 0.1) is 0 Å². The maximum absolute atomic E-state index is 9.99. The molecule has 0 saturated carbocycles. The second-order valence-electron chi connectivity index (χ2n) is 1.27. The molecule has 4 nitrogen and oxygen atoms in total. The van der Waals surface area contributed by atoms with Crippen molar-refractivity contribution in [3.8, 4) is 0 Å². The zero-order valence-corrected chi connectivity index (χ0v) is 5.97. The molecule has 0 aliphatic heterocycles. The third kappa shape index (κ3) is 7.68. The zero-order chi connectivity index (χ0) is 6.57. The van der Waals surface area contributed by atoms with Crippen LogP contribution in [0.25, 0.3) is 0 Å². The van der Waals surface area contributed by atoms with E-state index in [0.717, 1.165) is 0 Å². The minimum absolute atomic E-state index is 0. The van der Waals surface area contributed by atoms with Crippen molar-refractivity contribution >= 4 is 11.8 Å². The number of hydrogen-bond acceptors (Lipinski definition) is 3. The second kappa shape index (κ2) is 5.81. The summed E-state index contributed by atoms with van der Waals surface area (Å²) in [5, 5.41) is 15.9. The van der Waals surface area contributed by atoms with Crippen LogP contribution in [0.3, 0.4) is 0 Å². The molecule has 0 aliphatic carbocycles. The summed E-state index contributed by atoms with van der Waals surface area (Å²) in [6, 6.07) is 0. The molecule has 0 aromatic rings. The summed E-state index contributed by atoms with van der Waals surface area (Å²) < 4.78 is 0. The number of rotatable bonds is 3. The standard InChI is InChI=1S/C4H6O4.V/c5-2-3(6)1-4(7)8;/h5H,1-2H2,(H,7,8);. The Morgan fingerprint density at radius 3 is 1.89 bits per heavy atom. The summed E-state index contributed by atoms with van der Waals surface area (Å²) in [6.45, 7) is -0.688. The van der Waals surface area contributed by atoms with Crippen molar-refractivity contribution in [1.29, 1.82) is 0 Å². The van der Waals surface area contributed by atoms with Crippen molar-refractivity contribution in [1.82, 2.24) is 0 Å². The van der Waals surface area contributed by atoms with E-state index in [1.165, 1.54) is 0 Å². The summed E-state index contributed by atoms with van der Waals surface area (Å²) in [4.78, 5) is 19.6. The molecule has 51 valence electrons. The monoisotopic (exact) mass is 169 g/mol. The zero-order valence-electron chi connectivity index (χ0n) is 4.57. The Morgan fingerprint density at radius 1 is 1.33 bits per heavy atom. The molecule has 0 unspecified atom stereocenters. The van der Waals surface area contributed by atoms with Gasteiger partial charge in [-0.3, -0.25) is 9.59 Å². The molecule has 1 radical (unpaired) electrons. The number of hydrogen-bond donors (Lipinski definition) is 2. The van der Waals surface area contributed by atoms with Crippen molar-refractivity contribution in [3.05, 3.63) is 0 Å². The molecule has 2 N–H and O–H groups in total. The first-order chi connectivity index (χ1) is 3.66. The van der Waals surface area contributed by atoms with Gasteiger partial charge >= 0.3 is 5.97 Å². The molecule has 5 heteroatoms. The van der Waals surface area contributed by atoms with Crippen molar-refractivity contribution in [3.63, 3.8) is 0 Å². The average Bonchev–Trinajstić information content (AvgIpc) is 1.65. The van der Waals surface area contributed by atoms with Gasteiger partial charge in [-0.05, 0) is 0 Å². The van der Waals surface area contributed by atoms with Crippen LogP contribution in [-0.2, 0) is 28.1 Å². The minimum Gasteiger partial charge on any atom is -0.481 e. The van der Waals surface area contributed by atoms with Gasteiger partial charge in [-0.1, -0.05) is 0 Å². The third-order valence-electron chi connectivity index (χ3n) is 0.525. The van der Waals surface area contributed by atoms with Crippen LogP contribution in [0.15, 0.2) is 0 Å². The van der Waals surface area contributed by atoms with Gasteiger partial charge in [-0.25, -0.2) is 0 Å². The maximum atomic E-state index is 9.99. The quantitative estimate of drug-likeness (QED) is 0.532. The summed E-state index contributed by atoms with van der Waals surface area (Å²) in [5.41, 5.74) is 0. The van der Waals surface area contributed by atoms with Crippen molar-refractivity contribution in [2.75, 3.05) is 6.61 Å². The molecule has 0 saturated heterocycles. The molecule has 0 bridgehead atoms. The van der Waals surface area contributed by atoms with E-state index in [0.29, 0.717) is 0 Å². The Hall–Kier alpha value is -0.316. The summed E-state index contributed by atoms with van der Waals surface area (Å²) >= 11 is 0. The Balaban J connectivity index is 0. The number of carboxylic acid groups (broad SMARTS) is 1. The first-order valence-electron chi connectivity index (χ1n) is 2.01. The molecule has 0 aliphatic rings. The predicted molar refractivity (Wildman–Crippen MR) is 24.3 cm³/mol. The van der Waals surface area contributed by atoms with E-state index in [9.17, 15) is 9.59 Å². The predicted octanol–water partition coefficient (Wildman–Crippen LogP) is -0.980. The van der Waals surface area contributed by atoms with Crippen molar-refractivity contribution in [2.24, 2.45) is 0 Å². The van der Waals surface area contributed by atoms with Gasteiger partial charge in [-0.2, -0.15) is 0 Å². The fourth-order valence-corrected chi connectivity index (χ4v) is 0.225. The van der Waals surface area contributed by atoms with Gasteiger partial charge in [0.15, 0.2) is 5.78 Å². The topological polar surface area (TPSA) is 74.6 Å². The Kier molecular flexibility index (Phi) is 7.41. The smallest absolute Gasteiger partial charge is 0.310 e. The van der Waals surface area contributed by atoms with E-state index in [1.54, 1.807) is 0 Å². The van der Waals surface area contributed by atoms with Gasteiger partial charge in [-0.15, -0.1) is 0 Å². The Morgan fingerprint density at radius 2 is 1.78 bits per heavy atom. The first-order valence-corrected chi connectivity index (χ1v) is 2.01. The summed E-state index contributed by atoms with van der Waals surface area (Å²) in [7, 11) is 0.